The van der Waals surface area contributed by atoms with Gasteiger partial charge in [-0.2, -0.15) is 0 Å². The third-order valence-corrected chi connectivity index (χ3v) is 62.5. The summed E-state index contributed by atoms with van der Waals surface area (Å²) in [6.45, 7) is 42.6. The van der Waals surface area contributed by atoms with Gasteiger partial charge in [-0.25, -0.2) is 9.59 Å². The molecule has 370 valence electrons. The van der Waals surface area contributed by atoms with Gasteiger partial charge in [0.05, 0.1) is 13.2 Å². The summed E-state index contributed by atoms with van der Waals surface area (Å²) in [6.07, 6.45) is 2.40. The highest BCUT2D eigenvalue weighted by Gasteiger charge is 2.66. The maximum Gasteiger partial charge on any atom is 0.472 e. The van der Waals surface area contributed by atoms with Crippen molar-refractivity contribution in [1.29, 1.82) is 0 Å². The molecule has 30 heteroatoms. The normalized spacial score (nSPS) is 39.5. The van der Waals surface area contributed by atoms with Gasteiger partial charge in [0.2, 0.25) is 0 Å². The molecule has 4 aliphatic heterocycles. The molecule has 0 aliphatic carbocycles. The summed E-state index contributed by atoms with van der Waals surface area (Å²) in [7, 11) is -37.8. The van der Waals surface area contributed by atoms with Gasteiger partial charge in [-0.05, 0) is 129 Å². The van der Waals surface area contributed by atoms with Crippen molar-refractivity contribution >= 4 is 116 Å². The molecule has 8 atom stereocenters. The Labute approximate surface area is 396 Å². The van der Waals surface area contributed by atoms with E-state index >= 15 is 0 Å². The van der Waals surface area contributed by atoms with Crippen molar-refractivity contribution in [2.45, 2.75) is 168 Å². The molecular weight excluding hydrogens is 1030 g/mol. The maximum absolute atomic E-state index is 12.2. The third kappa shape index (κ3) is 17.1. The highest BCUT2D eigenvalue weighted by Crippen LogP contribution is 2.43. The minimum atomic E-state index is -3.50. The van der Waals surface area contributed by atoms with Crippen molar-refractivity contribution in [3.05, 3.63) is 24.3 Å². The van der Waals surface area contributed by atoms with Crippen LogP contribution in [0.1, 0.15) is 39.5 Å². The zero-order chi connectivity index (χ0) is 48.7. The van der Waals surface area contributed by atoms with Gasteiger partial charge in [-0.15, -0.1) is 0 Å². The Morgan fingerprint density at radius 2 is 0.578 bits per heavy atom. The van der Waals surface area contributed by atoms with E-state index in [9.17, 15) is 9.59 Å². The van der Waals surface area contributed by atoms with Crippen LogP contribution in [0.25, 0.3) is 0 Å². The van der Waals surface area contributed by atoms with Crippen molar-refractivity contribution in [2.75, 3.05) is 13.2 Å². The smallest absolute Gasteiger partial charge is 0.462 e. The monoisotopic (exact) mass is 1110 g/mol. The predicted molar refractivity (Wildman–Crippen MR) is 267 cm³/mol. The van der Waals surface area contributed by atoms with E-state index in [-0.39, 0.29) is 13.2 Å². The van der Waals surface area contributed by atoms with Crippen LogP contribution in [0.3, 0.4) is 0 Å². The van der Waals surface area contributed by atoms with E-state index in [1.54, 1.807) is 13.8 Å². The Bertz CT molecular complexity index is 1630. The van der Waals surface area contributed by atoms with Crippen LogP contribution in [0.4, 0.5) is 0 Å². The average Bonchev–Trinajstić information content (AvgIpc) is 3.00. The standard InChI is InChI=1S/C34H78O18Si12/c1-31(2)33(35)37-25-23-29-59(15)45-57(13,47-61(17)41-53(5,6)39-55(9,10)43-63(19,49-59)51-61)27-21-22-28-58(14)46-60(16,30-24-26-38-34(36)32(3)4)50-64(20)44-56(11,12)40-54(7,8)42-62(18,48-58)52-64/h1,3,21-30H2,2,4-20H3. The summed E-state index contributed by atoms with van der Waals surface area (Å²) < 4.78 is 108. The Morgan fingerprint density at radius 3 is 0.812 bits per heavy atom. The molecule has 0 saturated carbocycles. The molecule has 4 bridgehead atoms. The van der Waals surface area contributed by atoms with Gasteiger partial charge < -0.3 is 67.1 Å². The molecule has 0 aromatic carbocycles. The molecule has 64 heavy (non-hydrogen) atoms. The van der Waals surface area contributed by atoms with Crippen LogP contribution in [-0.2, 0) is 76.7 Å². The lowest BCUT2D eigenvalue weighted by Gasteiger charge is -2.53. The number of rotatable bonds is 15. The summed E-state index contributed by atoms with van der Waals surface area (Å²) in [4.78, 5) is 24.5. The fourth-order valence-electron chi connectivity index (χ4n) is 9.21. The Morgan fingerprint density at radius 1 is 0.344 bits per heavy atom. The number of carbonyl (C=O) groups is 2. The van der Waals surface area contributed by atoms with E-state index in [0.29, 0.717) is 61.0 Å². The van der Waals surface area contributed by atoms with Crippen LogP contribution >= 0.6 is 0 Å². The van der Waals surface area contributed by atoms with Crippen LogP contribution in [0.2, 0.25) is 129 Å². The molecule has 4 aliphatic rings. The van der Waals surface area contributed by atoms with Crippen molar-refractivity contribution in [3.63, 3.8) is 0 Å². The van der Waals surface area contributed by atoms with Crippen LogP contribution in [-0.4, -0.2) is 129 Å². The van der Waals surface area contributed by atoms with E-state index in [4.69, 9.17) is 67.1 Å². The first-order chi connectivity index (χ1) is 28.8. The summed E-state index contributed by atoms with van der Waals surface area (Å²) in [6, 6.07) is 2.17. The molecule has 0 amide bonds. The molecule has 18 nitrogen and oxygen atoms in total. The topological polar surface area (TPSA) is 182 Å². The molecule has 4 fully saturated rings. The number of ether oxygens (including phenoxy) is 2. The van der Waals surface area contributed by atoms with E-state index < -0.39 is 116 Å². The van der Waals surface area contributed by atoms with E-state index in [1.165, 1.54) is 0 Å². The van der Waals surface area contributed by atoms with Gasteiger partial charge in [0, 0.05) is 37.3 Å². The highest BCUT2D eigenvalue weighted by atomic mass is 28.6. The summed E-state index contributed by atoms with van der Waals surface area (Å²) in [5.41, 5.74) is 0.673. The number of carbonyl (C=O) groups excluding carboxylic acids is 2. The lowest BCUT2D eigenvalue weighted by atomic mass is 10.4. The number of esters is 2. The quantitative estimate of drug-likeness (QED) is 0.0659. The zero-order valence-corrected chi connectivity index (χ0v) is 53.8. The second kappa shape index (κ2) is 20.3. The molecular formula is C34H78O18Si12. The Balaban J connectivity index is 1.62. The minimum absolute atomic E-state index is 0.183. The fourth-order valence-corrected chi connectivity index (χ4v) is 75.7. The van der Waals surface area contributed by atoms with Crippen LogP contribution < -0.4 is 0 Å². The second-order valence-electron chi connectivity index (χ2n) is 20.3. The van der Waals surface area contributed by atoms with Gasteiger partial charge in [-0.1, -0.05) is 26.0 Å². The fraction of sp³-hybridized carbons (Fsp3) is 0.824. The second-order valence-corrected chi connectivity index (χ2v) is 60.9. The highest BCUT2D eigenvalue weighted by molar-refractivity contribution is 6.98. The van der Waals surface area contributed by atoms with Gasteiger partial charge >= 0.3 is 116 Å². The first kappa shape index (κ1) is 57.0. The number of hydrogen-bond acceptors (Lipinski definition) is 18. The maximum atomic E-state index is 12.2. The van der Waals surface area contributed by atoms with Crippen LogP contribution in [0.15, 0.2) is 24.3 Å². The number of unbranched alkanes of at least 4 members (excludes halogenated alkanes) is 1. The Kier molecular flexibility index (Phi) is 18.1. The lowest BCUT2D eigenvalue weighted by Crippen LogP contribution is -2.74. The summed E-state index contributed by atoms with van der Waals surface area (Å²) in [5.74, 6) is -0.881. The molecule has 0 aromatic heterocycles. The molecule has 4 saturated heterocycles. The largest absolute Gasteiger partial charge is 0.472 e. The molecule has 0 N–H and O–H groups in total. The predicted octanol–water partition coefficient (Wildman–Crippen LogP) is 8.44. The number of fused-ring (bicyclic) bond motifs is 4. The number of hydrogen-bond donors (Lipinski definition) is 0. The van der Waals surface area contributed by atoms with Crippen LogP contribution in [0.5, 0.6) is 0 Å². The van der Waals surface area contributed by atoms with Gasteiger partial charge in [0.15, 0.2) is 0 Å². The van der Waals surface area contributed by atoms with E-state index in [1.807, 2.05) is 91.7 Å². The van der Waals surface area contributed by atoms with Crippen LogP contribution in [0, 0.1) is 0 Å². The average molecular weight is 1110 g/mol. The molecule has 0 aromatic rings. The summed E-state index contributed by atoms with van der Waals surface area (Å²) in [5, 5.41) is 0. The zero-order valence-electron chi connectivity index (χ0n) is 41.8. The third-order valence-electron chi connectivity index (χ3n) is 10.1. The molecule has 0 radical (unpaired) electrons. The molecule has 8 unspecified atom stereocenters. The van der Waals surface area contributed by atoms with Crippen molar-refractivity contribution in [1.82, 2.24) is 0 Å². The van der Waals surface area contributed by atoms with Gasteiger partial charge in [0.1, 0.15) is 0 Å². The molecule has 0 spiro atoms. The summed E-state index contributed by atoms with van der Waals surface area (Å²) >= 11 is 0. The van der Waals surface area contributed by atoms with Gasteiger partial charge in [0.25, 0.3) is 0 Å². The molecule has 4 heterocycles. The van der Waals surface area contributed by atoms with Gasteiger partial charge in [-0.3, -0.25) is 0 Å². The SMILES string of the molecule is C=C(C)C(=O)OCCC[Si]1(C)O[Si](C)(CCCC[Si]2(C)O[Si](C)(CCCOC(=O)C(=C)C)O[Si]3(C)O[Si](C)(C)O[Si](C)(C)O[Si](C)(O2)O3)O[Si]2(C)O[Si](C)(C)O[Si](C)(C)O[Si](C)(O1)O2. The van der Waals surface area contributed by atoms with Crippen molar-refractivity contribution in [3.8, 4) is 0 Å². The lowest BCUT2D eigenvalue weighted by molar-refractivity contribution is -0.139. The van der Waals surface area contributed by atoms with E-state index in [2.05, 4.69) is 26.3 Å². The Hall–Kier alpha value is 0.463. The minimum Gasteiger partial charge on any atom is -0.462 e. The van der Waals surface area contributed by atoms with Crippen molar-refractivity contribution < 1.29 is 76.7 Å². The first-order valence-electron chi connectivity index (χ1n) is 22.2. The molecule has 4 rings (SSSR count). The first-order valence-corrected chi connectivity index (χ1v) is 52.5. The van der Waals surface area contributed by atoms with Crippen molar-refractivity contribution in [2.24, 2.45) is 0 Å². The van der Waals surface area contributed by atoms with E-state index in [0.717, 1.165) is 0 Å².